The van der Waals surface area contributed by atoms with Gasteiger partial charge in [-0.3, -0.25) is 4.79 Å². The topological polar surface area (TPSA) is 32.3 Å². The van der Waals surface area contributed by atoms with Crippen molar-refractivity contribution in [1.82, 2.24) is 10.2 Å². The van der Waals surface area contributed by atoms with E-state index in [0.29, 0.717) is 0 Å². The third-order valence-corrected chi connectivity index (χ3v) is 3.06. The largest absolute Gasteiger partial charge is 0.342 e. The first-order valence-electron chi connectivity index (χ1n) is 6.09. The molecule has 0 aromatic heterocycles. The fourth-order valence-electron chi connectivity index (χ4n) is 2.06. The number of nitrogens with one attached hydrogen (secondary N) is 1. The molecular weight excluding hydrogens is 238 g/mol. The third kappa shape index (κ3) is 3.26. The van der Waals surface area contributed by atoms with Crippen LogP contribution in [0.2, 0.25) is 0 Å². The zero-order chi connectivity index (χ0) is 13.0. The Bertz CT molecular complexity index is 431. The molecular formula is C13H16F2N2O. The molecule has 1 saturated heterocycles. The molecule has 1 aromatic rings. The van der Waals surface area contributed by atoms with Gasteiger partial charge in [0.2, 0.25) is 5.91 Å². The molecule has 0 spiro atoms. The second kappa shape index (κ2) is 5.91. The number of amides is 1. The van der Waals surface area contributed by atoms with Gasteiger partial charge in [0.05, 0.1) is 6.54 Å². The molecule has 5 heteroatoms. The summed E-state index contributed by atoms with van der Waals surface area (Å²) in [6.07, 6.45) is 2.09. The maximum Gasteiger partial charge on any atom is 0.236 e. The Kier molecular flexibility index (Phi) is 4.25. The summed E-state index contributed by atoms with van der Waals surface area (Å²) in [5.74, 6) is -0.916. The highest BCUT2D eigenvalue weighted by molar-refractivity contribution is 5.78. The molecule has 0 saturated carbocycles. The molecule has 0 bridgehead atoms. The fraction of sp³-hybridized carbons (Fsp3) is 0.462. The number of rotatable bonds is 4. The lowest BCUT2D eigenvalue weighted by Crippen LogP contribution is -2.36. The number of benzene rings is 1. The molecule has 18 heavy (non-hydrogen) atoms. The SMILES string of the molecule is O=C(CNCc1cc(F)ccc1F)N1CCCC1. The maximum absolute atomic E-state index is 13.3. The van der Waals surface area contributed by atoms with Gasteiger partial charge in [-0.05, 0) is 31.0 Å². The molecule has 1 fully saturated rings. The predicted octanol–water partition coefficient (Wildman–Crippen LogP) is 1.68. The Balaban J connectivity index is 1.81. The highest BCUT2D eigenvalue weighted by Crippen LogP contribution is 2.10. The van der Waals surface area contributed by atoms with E-state index >= 15 is 0 Å². The van der Waals surface area contributed by atoms with E-state index in [0.717, 1.165) is 44.1 Å². The Morgan fingerprint density at radius 3 is 2.72 bits per heavy atom. The highest BCUT2D eigenvalue weighted by atomic mass is 19.1. The van der Waals surface area contributed by atoms with Crippen LogP contribution in [0.25, 0.3) is 0 Å². The second-order valence-electron chi connectivity index (χ2n) is 4.43. The van der Waals surface area contributed by atoms with Gasteiger partial charge >= 0.3 is 0 Å². The predicted molar refractivity (Wildman–Crippen MR) is 63.9 cm³/mol. The fourth-order valence-corrected chi connectivity index (χ4v) is 2.06. The normalized spacial score (nSPS) is 15.1. The summed E-state index contributed by atoms with van der Waals surface area (Å²) in [4.78, 5) is 13.5. The molecule has 1 N–H and O–H groups in total. The number of nitrogens with zero attached hydrogens (tertiary/aromatic N) is 1. The first-order chi connectivity index (χ1) is 8.66. The Morgan fingerprint density at radius 2 is 2.00 bits per heavy atom. The number of carbonyl (C=O) groups is 1. The average molecular weight is 254 g/mol. The first kappa shape index (κ1) is 13.0. The van der Waals surface area contributed by atoms with E-state index in [1.807, 2.05) is 0 Å². The summed E-state index contributed by atoms with van der Waals surface area (Å²) in [5, 5.41) is 2.85. The van der Waals surface area contributed by atoms with Gasteiger partial charge in [-0.1, -0.05) is 0 Å². The molecule has 2 rings (SSSR count). The van der Waals surface area contributed by atoms with Gasteiger partial charge in [0.15, 0.2) is 0 Å². The Hall–Kier alpha value is -1.49. The molecule has 0 aliphatic carbocycles. The Morgan fingerprint density at radius 1 is 1.28 bits per heavy atom. The third-order valence-electron chi connectivity index (χ3n) is 3.06. The van der Waals surface area contributed by atoms with Gasteiger partial charge in [-0.25, -0.2) is 8.78 Å². The van der Waals surface area contributed by atoms with Crippen molar-refractivity contribution < 1.29 is 13.6 Å². The minimum atomic E-state index is -0.473. The van der Waals surface area contributed by atoms with E-state index in [2.05, 4.69) is 5.32 Å². The monoisotopic (exact) mass is 254 g/mol. The number of halogens is 2. The minimum absolute atomic E-state index is 0.0179. The Labute approximate surface area is 105 Å². The molecule has 1 aliphatic heterocycles. The van der Waals surface area contributed by atoms with Crippen LogP contribution in [0.5, 0.6) is 0 Å². The van der Waals surface area contributed by atoms with Crippen LogP contribution in [0, 0.1) is 11.6 Å². The van der Waals surface area contributed by atoms with Crippen LogP contribution in [0.1, 0.15) is 18.4 Å². The van der Waals surface area contributed by atoms with Crippen molar-refractivity contribution in [2.75, 3.05) is 19.6 Å². The lowest BCUT2D eigenvalue weighted by molar-refractivity contribution is -0.129. The van der Waals surface area contributed by atoms with E-state index in [-0.39, 0.29) is 24.6 Å². The van der Waals surface area contributed by atoms with Crippen molar-refractivity contribution in [2.24, 2.45) is 0 Å². The highest BCUT2D eigenvalue weighted by Gasteiger charge is 2.17. The van der Waals surface area contributed by atoms with Gasteiger partial charge in [-0.2, -0.15) is 0 Å². The number of carbonyl (C=O) groups excluding carboxylic acids is 1. The van der Waals surface area contributed by atoms with Crippen molar-refractivity contribution in [3.8, 4) is 0 Å². The summed E-state index contributed by atoms with van der Waals surface area (Å²) < 4.78 is 26.2. The summed E-state index contributed by atoms with van der Waals surface area (Å²) in [5.41, 5.74) is 0.240. The summed E-state index contributed by atoms with van der Waals surface area (Å²) >= 11 is 0. The number of likely N-dealkylation sites (tertiary alicyclic amines) is 1. The maximum atomic E-state index is 13.3. The molecule has 98 valence electrons. The zero-order valence-electron chi connectivity index (χ0n) is 10.1. The average Bonchev–Trinajstić information content (AvgIpc) is 2.87. The summed E-state index contributed by atoms with van der Waals surface area (Å²) in [6.45, 7) is 1.92. The van der Waals surface area contributed by atoms with Crippen molar-refractivity contribution in [3.63, 3.8) is 0 Å². The van der Waals surface area contributed by atoms with Crippen LogP contribution in [0.3, 0.4) is 0 Å². The second-order valence-corrected chi connectivity index (χ2v) is 4.43. The molecule has 0 atom stereocenters. The first-order valence-corrected chi connectivity index (χ1v) is 6.09. The minimum Gasteiger partial charge on any atom is -0.342 e. The quantitative estimate of drug-likeness (QED) is 0.886. The van der Waals surface area contributed by atoms with Crippen LogP contribution in [-0.2, 0) is 11.3 Å². The number of hydrogen-bond donors (Lipinski definition) is 1. The smallest absolute Gasteiger partial charge is 0.236 e. The molecule has 1 amide bonds. The van der Waals surface area contributed by atoms with Crippen molar-refractivity contribution in [3.05, 3.63) is 35.4 Å². The van der Waals surface area contributed by atoms with Gasteiger partial charge in [0, 0.05) is 25.2 Å². The zero-order valence-corrected chi connectivity index (χ0v) is 10.1. The van der Waals surface area contributed by atoms with Gasteiger partial charge < -0.3 is 10.2 Å². The van der Waals surface area contributed by atoms with Gasteiger partial charge in [-0.15, -0.1) is 0 Å². The molecule has 1 aliphatic rings. The van der Waals surface area contributed by atoms with Crippen LogP contribution >= 0.6 is 0 Å². The van der Waals surface area contributed by atoms with E-state index in [4.69, 9.17) is 0 Å². The molecule has 1 heterocycles. The van der Waals surface area contributed by atoms with Gasteiger partial charge in [0.1, 0.15) is 11.6 Å². The van der Waals surface area contributed by atoms with E-state index in [9.17, 15) is 13.6 Å². The summed E-state index contributed by atoms with van der Waals surface area (Å²) in [7, 11) is 0. The molecule has 3 nitrogen and oxygen atoms in total. The summed E-state index contributed by atoms with van der Waals surface area (Å²) in [6, 6.07) is 3.31. The van der Waals surface area contributed by atoms with Crippen LogP contribution < -0.4 is 5.32 Å². The van der Waals surface area contributed by atoms with Crippen molar-refractivity contribution in [2.45, 2.75) is 19.4 Å². The number of hydrogen-bond acceptors (Lipinski definition) is 2. The molecule has 0 unspecified atom stereocenters. The standard InChI is InChI=1S/C13H16F2N2O/c14-11-3-4-12(15)10(7-11)8-16-9-13(18)17-5-1-2-6-17/h3-4,7,16H,1-2,5-6,8-9H2. The van der Waals surface area contributed by atoms with Crippen LogP contribution in [-0.4, -0.2) is 30.4 Å². The van der Waals surface area contributed by atoms with E-state index < -0.39 is 11.6 Å². The van der Waals surface area contributed by atoms with Crippen LogP contribution in [0.15, 0.2) is 18.2 Å². The molecule has 0 radical (unpaired) electrons. The van der Waals surface area contributed by atoms with Crippen molar-refractivity contribution >= 4 is 5.91 Å². The molecule has 1 aromatic carbocycles. The van der Waals surface area contributed by atoms with Gasteiger partial charge in [0.25, 0.3) is 0 Å². The van der Waals surface area contributed by atoms with Crippen molar-refractivity contribution in [1.29, 1.82) is 0 Å². The van der Waals surface area contributed by atoms with E-state index in [1.165, 1.54) is 0 Å². The lowest BCUT2D eigenvalue weighted by atomic mass is 10.2. The lowest BCUT2D eigenvalue weighted by Gasteiger charge is -2.15. The van der Waals surface area contributed by atoms with Crippen LogP contribution in [0.4, 0.5) is 8.78 Å². The van der Waals surface area contributed by atoms with E-state index in [1.54, 1.807) is 4.90 Å².